The smallest absolute Gasteiger partial charge is 0.262 e. The minimum atomic E-state index is -3.73. The molecule has 4 nitrogen and oxygen atoms in total. The van der Waals surface area contributed by atoms with Crippen molar-refractivity contribution in [3.8, 4) is 0 Å². The van der Waals surface area contributed by atoms with Gasteiger partial charge in [-0.15, -0.1) is 0 Å². The van der Waals surface area contributed by atoms with Crippen molar-refractivity contribution in [1.82, 2.24) is 4.98 Å². The van der Waals surface area contributed by atoms with Gasteiger partial charge >= 0.3 is 0 Å². The highest BCUT2D eigenvalue weighted by Crippen LogP contribution is 2.27. The molecule has 0 bridgehead atoms. The Bertz CT molecular complexity index is 763. The second-order valence-electron chi connectivity index (χ2n) is 4.25. The lowest BCUT2D eigenvalue weighted by Crippen LogP contribution is -2.16. The molecule has 1 heterocycles. The number of aromatic nitrogens is 1. The van der Waals surface area contributed by atoms with E-state index in [0.29, 0.717) is 20.8 Å². The molecule has 0 unspecified atom stereocenters. The van der Waals surface area contributed by atoms with E-state index in [2.05, 4.69) is 25.6 Å². The summed E-state index contributed by atoms with van der Waals surface area (Å²) in [5, 5.41) is 0.407. The molecule has 1 aromatic carbocycles. The molecular weight excluding hydrogens is 364 g/mol. The van der Waals surface area contributed by atoms with Gasteiger partial charge in [0, 0.05) is 10.7 Å². The standard InChI is InChI=1S/C13H12BrClN2O2S/c1-8-6-7-10(14)13(16-8)17-20(18,19)12-5-3-4-11(15)9(12)2/h3-7H,1-2H3,(H,16,17). The van der Waals surface area contributed by atoms with Crippen molar-refractivity contribution in [2.45, 2.75) is 18.7 Å². The molecule has 0 saturated carbocycles. The molecule has 0 aliphatic rings. The van der Waals surface area contributed by atoms with E-state index in [0.717, 1.165) is 0 Å². The summed E-state index contributed by atoms with van der Waals surface area (Å²) in [6.45, 7) is 3.45. The van der Waals surface area contributed by atoms with Gasteiger partial charge in [0.15, 0.2) is 5.82 Å². The molecule has 1 N–H and O–H groups in total. The number of nitrogens with zero attached hydrogens (tertiary/aromatic N) is 1. The summed E-state index contributed by atoms with van der Waals surface area (Å²) in [7, 11) is -3.73. The number of halogens is 2. The molecule has 7 heteroatoms. The van der Waals surface area contributed by atoms with Crippen LogP contribution in [0.3, 0.4) is 0 Å². The Morgan fingerprint density at radius 1 is 1.20 bits per heavy atom. The first kappa shape index (κ1) is 15.3. The number of benzene rings is 1. The van der Waals surface area contributed by atoms with Crippen molar-refractivity contribution >= 4 is 43.4 Å². The summed E-state index contributed by atoms with van der Waals surface area (Å²) in [6, 6.07) is 8.28. The maximum atomic E-state index is 12.4. The highest BCUT2D eigenvalue weighted by Gasteiger charge is 2.19. The van der Waals surface area contributed by atoms with Gasteiger partial charge in [-0.1, -0.05) is 17.7 Å². The van der Waals surface area contributed by atoms with Crippen LogP contribution in [0.25, 0.3) is 0 Å². The normalized spacial score (nSPS) is 11.4. The van der Waals surface area contributed by atoms with E-state index in [4.69, 9.17) is 11.6 Å². The van der Waals surface area contributed by atoms with Crippen LogP contribution in [-0.2, 0) is 10.0 Å². The van der Waals surface area contributed by atoms with E-state index < -0.39 is 10.0 Å². The summed E-state index contributed by atoms with van der Waals surface area (Å²) in [6.07, 6.45) is 0. The molecule has 1 aromatic heterocycles. The molecule has 0 atom stereocenters. The van der Waals surface area contributed by atoms with Crippen LogP contribution in [0.2, 0.25) is 5.02 Å². The van der Waals surface area contributed by atoms with Crippen LogP contribution in [0.4, 0.5) is 5.82 Å². The van der Waals surface area contributed by atoms with Gasteiger partial charge in [-0.2, -0.15) is 0 Å². The number of nitrogens with one attached hydrogen (secondary N) is 1. The van der Waals surface area contributed by atoms with Crippen LogP contribution in [-0.4, -0.2) is 13.4 Å². The largest absolute Gasteiger partial charge is 0.263 e. The molecule has 0 spiro atoms. The van der Waals surface area contributed by atoms with E-state index in [1.165, 1.54) is 6.07 Å². The molecule has 0 amide bonds. The minimum absolute atomic E-state index is 0.139. The highest BCUT2D eigenvalue weighted by atomic mass is 79.9. The lowest BCUT2D eigenvalue weighted by atomic mass is 10.2. The molecule has 106 valence electrons. The summed E-state index contributed by atoms with van der Waals surface area (Å²) in [5.41, 5.74) is 1.22. The molecule has 0 saturated heterocycles. The lowest BCUT2D eigenvalue weighted by Gasteiger charge is -2.12. The topological polar surface area (TPSA) is 59.1 Å². The first-order valence-corrected chi connectivity index (χ1v) is 8.38. The van der Waals surface area contributed by atoms with Crippen LogP contribution >= 0.6 is 27.5 Å². The zero-order valence-corrected chi connectivity index (χ0v) is 14.0. The lowest BCUT2D eigenvalue weighted by molar-refractivity contribution is 0.600. The highest BCUT2D eigenvalue weighted by molar-refractivity contribution is 9.10. The number of pyridine rings is 1. The second kappa shape index (κ2) is 5.71. The first-order chi connectivity index (χ1) is 9.31. The molecule has 0 aliphatic carbocycles. The summed E-state index contributed by atoms with van der Waals surface area (Å²) in [5.74, 6) is 0.254. The molecule has 2 rings (SSSR count). The molecular formula is C13H12BrClN2O2S. The van der Waals surface area contributed by atoms with Crippen molar-refractivity contribution in [2.24, 2.45) is 0 Å². The SMILES string of the molecule is Cc1ccc(Br)c(NS(=O)(=O)c2cccc(Cl)c2C)n1. The second-order valence-corrected chi connectivity index (χ2v) is 7.16. The van der Waals surface area contributed by atoms with E-state index in [9.17, 15) is 8.42 Å². The number of hydrogen-bond donors (Lipinski definition) is 1. The fourth-order valence-electron chi connectivity index (χ4n) is 1.67. The summed E-state index contributed by atoms with van der Waals surface area (Å²) in [4.78, 5) is 4.30. The third-order valence-corrected chi connectivity index (χ3v) is 5.26. The maximum absolute atomic E-state index is 12.4. The Kier molecular flexibility index (Phi) is 4.36. The van der Waals surface area contributed by atoms with Crippen molar-refractivity contribution in [3.63, 3.8) is 0 Å². The number of hydrogen-bond acceptors (Lipinski definition) is 3. The van der Waals surface area contributed by atoms with E-state index in [1.807, 2.05) is 0 Å². The Hall–Kier alpha value is -1.11. The van der Waals surface area contributed by atoms with Gasteiger partial charge < -0.3 is 0 Å². The maximum Gasteiger partial charge on any atom is 0.263 e. The van der Waals surface area contributed by atoms with E-state index in [1.54, 1.807) is 38.1 Å². The van der Waals surface area contributed by atoms with Crippen LogP contribution in [0.15, 0.2) is 39.7 Å². The quantitative estimate of drug-likeness (QED) is 0.884. The van der Waals surface area contributed by atoms with Gasteiger partial charge in [-0.05, 0) is 59.6 Å². The summed E-state index contributed by atoms with van der Waals surface area (Å²) < 4.78 is 27.9. The van der Waals surface area contributed by atoms with Gasteiger partial charge in [-0.25, -0.2) is 13.4 Å². The van der Waals surface area contributed by atoms with Gasteiger partial charge in [0.25, 0.3) is 10.0 Å². The zero-order valence-electron chi connectivity index (χ0n) is 10.8. The van der Waals surface area contributed by atoms with Gasteiger partial charge in [-0.3, -0.25) is 4.72 Å². The Morgan fingerprint density at radius 3 is 2.60 bits per heavy atom. The molecule has 20 heavy (non-hydrogen) atoms. The molecule has 0 aliphatic heterocycles. The number of sulfonamides is 1. The zero-order chi connectivity index (χ0) is 14.9. The first-order valence-electron chi connectivity index (χ1n) is 5.72. The Morgan fingerprint density at radius 2 is 1.90 bits per heavy atom. The van der Waals surface area contributed by atoms with Crippen LogP contribution in [0, 0.1) is 13.8 Å². The number of rotatable bonds is 3. The fraction of sp³-hybridized carbons (Fsp3) is 0.154. The molecule has 0 radical (unpaired) electrons. The van der Waals surface area contributed by atoms with E-state index >= 15 is 0 Å². The number of anilines is 1. The van der Waals surface area contributed by atoms with Crippen LogP contribution < -0.4 is 4.72 Å². The average Bonchev–Trinajstić information content (AvgIpc) is 2.36. The van der Waals surface area contributed by atoms with Crippen LogP contribution in [0.5, 0.6) is 0 Å². The fourth-order valence-corrected chi connectivity index (χ4v) is 3.64. The third-order valence-electron chi connectivity index (χ3n) is 2.72. The third kappa shape index (κ3) is 3.13. The van der Waals surface area contributed by atoms with Crippen molar-refractivity contribution in [3.05, 3.63) is 51.1 Å². The van der Waals surface area contributed by atoms with Crippen molar-refractivity contribution in [1.29, 1.82) is 0 Å². The van der Waals surface area contributed by atoms with Crippen molar-refractivity contribution in [2.75, 3.05) is 4.72 Å². The molecule has 0 fully saturated rings. The molecule has 2 aromatic rings. The number of aryl methyl sites for hydroxylation is 1. The van der Waals surface area contributed by atoms with Gasteiger partial charge in [0.05, 0.1) is 9.37 Å². The van der Waals surface area contributed by atoms with Crippen molar-refractivity contribution < 1.29 is 8.42 Å². The van der Waals surface area contributed by atoms with Gasteiger partial charge in [0.1, 0.15) is 0 Å². The average molecular weight is 376 g/mol. The Labute approximate surface area is 131 Å². The summed E-state index contributed by atoms with van der Waals surface area (Å²) >= 11 is 9.24. The van der Waals surface area contributed by atoms with Gasteiger partial charge in [0.2, 0.25) is 0 Å². The monoisotopic (exact) mass is 374 g/mol. The Balaban J connectivity index is 2.46. The predicted octanol–water partition coefficient (Wildman–Crippen LogP) is 3.92. The minimum Gasteiger partial charge on any atom is -0.262 e. The van der Waals surface area contributed by atoms with Crippen LogP contribution in [0.1, 0.15) is 11.3 Å². The van der Waals surface area contributed by atoms with E-state index in [-0.39, 0.29) is 10.7 Å². The predicted molar refractivity (Wildman–Crippen MR) is 83.7 cm³/mol.